The molecule has 0 radical (unpaired) electrons. The molecule has 3 aromatic rings. The molecule has 1 aromatic heterocycles. The van der Waals surface area contributed by atoms with Crippen LogP contribution in [0, 0.1) is 12.8 Å². The maximum atomic E-state index is 12.9. The highest BCUT2D eigenvalue weighted by Crippen LogP contribution is 2.32. The smallest absolute Gasteiger partial charge is 0.231 e. The zero-order valence-electron chi connectivity index (χ0n) is 19.6. The molecule has 34 heavy (non-hydrogen) atoms. The summed E-state index contributed by atoms with van der Waals surface area (Å²) in [6, 6.07) is 13.8. The monoisotopic (exact) mass is 476 g/mol. The summed E-state index contributed by atoms with van der Waals surface area (Å²) in [6.45, 7) is 6.41. The first-order chi connectivity index (χ1) is 16.4. The predicted molar refractivity (Wildman–Crippen MR) is 135 cm³/mol. The number of hydrogen-bond donors (Lipinski definition) is 2. The van der Waals surface area contributed by atoms with Gasteiger partial charge in [-0.15, -0.1) is 11.3 Å². The Morgan fingerprint density at radius 2 is 1.94 bits per heavy atom. The van der Waals surface area contributed by atoms with E-state index in [1.807, 2.05) is 54.8 Å². The topological polar surface area (TPSA) is 91.4 Å². The highest BCUT2D eigenvalue weighted by molar-refractivity contribution is 7.14. The first kappa shape index (κ1) is 23.6. The zero-order valence-corrected chi connectivity index (χ0v) is 20.4. The summed E-state index contributed by atoms with van der Waals surface area (Å²) in [7, 11) is 0. The number of amides is 3. The third-order valence-corrected chi connectivity index (χ3v) is 6.75. The predicted octanol–water partition coefficient (Wildman–Crippen LogP) is 4.31. The van der Waals surface area contributed by atoms with Gasteiger partial charge in [0.1, 0.15) is 0 Å². The number of nitrogens with zero attached hydrogens (tertiary/aromatic N) is 2. The van der Waals surface area contributed by atoms with Gasteiger partial charge >= 0.3 is 0 Å². The van der Waals surface area contributed by atoms with E-state index in [-0.39, 0.29) is 24.1 Å². The quantitative estimate of drug-likeness (QED) is 0.532. The lowest BCUT2D eigenvalue weighted by Crippen LogP contribution is -2.29. The van der Waals surface area contributed by atoms with Crippen molar-refractivity contribution in [1.82, 2.24) is 10.3 Å². The standard InChI is InChI=1S/C26H28N4O3S/c1-4-19-7-5-6-16(2)24(19)30-14-21(12-23(30)32)25(33)29-26-28-22(15-34-26)20-10-8-18(9-11-20)13-27-17(3)31/h5-11,15,21H,4,12-14H2,1-3H3,(H,27,31)(H,28,29,33). The summed E-state index contributed by atoms with van der Waals surface area (Å²) < 4.78 is 0. The van der Waals surface area contributed by atoms with Crippen LogP contribution in [0.5, 0.6) is 0 Å². The van der Waals surface area contributed by atoms with E-state index in [4.69, 9.17) is 0 Å². The fourth-order valence-electron chi connectivity index (χ4n) is 4.18. The lowest BCUT2D eigenvalue weighted by molar-refractivity contribution is -0.122. The highest BCUT2D eigenvalue weighted by atomic mass is 32.1. The Balaban J connectivity index is 1.41. The molecule has 2 aromatic carbocycles. The van der Waals surface area contributed by atoms with E-state index < -0.39 is 5.92 Å². The number of aromatic nitrogens is 1. The molecule has 1 aliphatic heterocycles. The Hall–Kier alpha value is -3.52. The molecule has 1 fully saturated rings. The molecule has 4 rings (SSSR count). The number of thiazole rings is 1. The minimum atomic E-state index is -0.419. The summed E-state index contributed by atoms with van der Waals surface area (Å²) in [5.41, 5.74) is 5.78. The molecule has 0 bridgehead atoms. The summed E-state index contributed by atoms with van der Waals surface area (Å²) >= 11 is 1.36. The summed E-state index contributed by atoms with van der Waals surface area (Å²) in [6.07, 6.45) is 1.02. The largest absolute Gasteiger partial charge is 0.352 e. The molecule has 8 heteroatoms. The molecular weight excluding hydrogens is 448 g/mol. The van der Waals surface area contributed by atoms with Crippen LogP contribution in [-0.2, 0) is 27.3 Å². The van der Waals surface area contributed by atoms with Crippen molar-refractivity contribution in [1.29, 1.82) is 0 Å². The second kappa shape index (κ2) is 10.2. The van der Waals surface area contributed by atoms with Gasteiger partial charge in [-0.25, -0.2) is 4.98 Å². The van der Waals surface area contributed by atoms with Crippen LogP contribution in [0.4, 0.5) is 10.8 Å². The van der Waals surface area contributed by atoms with Crippen LogP contribution < -0.4 is 15.5 Å². The molecule has 1 saturated heterocycles. The fraction of sp³-hybridized carbons (Fsp3) is 0.308. The van der Waals surface area contributed by atoms with Crippen molar-refractivity contribution in [3.8, 4) is 11.3 Å². The molecule has 7 nitrogen and oxygen atoms in total. The summed E-state index contributed by atoms with van der Waals surface area (Å²) in [5, 5.41) is 8.07. The average molecular weight is 477 g/mol. The zero-order chi connectivity index (χ0) is 24.2. The second-order valence-electron chi connectivity index (χ2n) is 8.48. The Kier molecular flexibility index (Phi) is 7.07. The molecule has 1 unspecified atom stereocenters. The van der Waals surface area contributed by atoms with Crippen LogP contribution >= 0.6 is 11.3 Å². The van der Waals surface area contributed by atoms with Gasteiger partial charge in [-0.1, -0.05) is 49.4 Å². The first-order valence-corrected chi connectivity index (χ1v) is 12.2. The third-order valence-electron chi connectivity index (χ3n) is 5.99. The van der Waals surface area contributed by atoms with Gasteiger partial charge < -0.3 is 15.5 Å². The number of nitrogens with one attached hydrogen (secondary N) is 2. The van der Waals surface area contributed by atoms with Gasteiger partial charge in [-0.3, -0.25) is 14.4 Å². The average Bonchev–Trinajstić information content (AvgIpc) is 3.44. The molecule has 0 saturated carbocycles. The van der Waals surface area contributed by atoms with Gasteiger partial charge in [0.15, 0.2) is 5.13 Å². The van der Waals surface area contributed by atoms with Crippen molar-refractivity contribution in [2.24, 2.45) is 5.92 Å². The van der Waals surface area contributed by atoms with Crippen molar-refractivity contribution in [2.45, 2.75) is 40.2 Å². The van der Waals surface area contributed by atoms with Gasteiger partial charge in [0.05, 0.1) is 11.6 Å². The minimum absolute atomic E-state index is 0.0247. The van der Waals surface area contributed by atoms with E-state index in [9.17, 15) is 14.4 Å². The number of carbonyl (C=O) groups is 3. The van der Waals surface area contributed by atoms with E-state index in [1.54, 1.807) is 4.90 Å². The molecule has 0 aliphatic carbocycles. The van der Waals surface area contributed by atoms with E-state index in [0.29, 0.717) is 18.2 Å². The SMILES string of the molecule is CCc1cccc(C)c1N1CC(C(=O)Nc2nc(-c3ccc(CNC(C)=O)cc3)cs2)CC1=O. The normalized spacial score (nSPS) is 15.4. The molecule has 2 N–H and O–H groups in total. The van der Waals surface area contributed by atoms with E-state index in [2.05, 4.69) is 22.5 Å². The molecule has 1 atom stereocenters. The number of para-hydroxylation sites is 1. The van der Waals surface area contributed by atoms with Gasteiger partial charge in [0, 0.05) is 43.1 Å². The fourth-order valence-corrected chi connectivity index (χ4v) is 4.90. The van der Waals surface area contributed by atoms with Crippen LogP contribution in [0.1, 0.15) is 37.0 Å². The maximum absolute atomic E-state index is 12.9. The number of rotatable bonds is 7. The van der Waals surface area contributed by atoms with Gasteiger partial charge in [-0.2, -0.15) is 0 Å². The van der Waals surface area contributed by atoms with Crippen molar-refractivity contribution in [2.75, 3.05) is 16.8 Å². The number of hydrogen-bond acceptors (Lipinski definition) is 5. The third kappa shape index (κ3) is 5.17. The van der Waals surface area contributed by atoms with Crippen LogP contribution in [0.3, 0.4) is 0 Å². The van der Waals surface area contributed by atoms with Crippen LogP contribution in [0.2, 0.25) is 0 Å². The van der Waals surface area contributed by atoms with Crippen molar-refractivity contribution >= 4 is 39.9 Å². The van der Waals surface area contributed by atoms with Crippen molar-refractivity contribution < 1.29 is 14.4 Å². The van der Waals surface area contributed by atoms with Crippen LogP contribution in [-0.4, -0.2) is 29.3 Å². The first-order valence-electron chi connectivity index (χ1n) is 11.3. The van der Waals surface area contributed by atoms with Gasteiger partial charge in [0.2, 0.25) is 17.7 Å². The van der Waals surface area contributed by atoms with Crippen molar-refractivity contribution in [3.63, 3.8) is 0 Å². The van der Waals surface area contributed by atoms with Crippen LogP contribution in [0.25, 0.3) is 11.3 Å². The molecule has 176 valence electrons. The maximum Gasteiger partial charge on any atom is 0.231 e. The Morgan fingerprint density at radius 1 is 1.18 bits per heavy atom. The number of anilines is 2. The number of aryl methyl sites for hydroxylation is 2. The minimum Gasteiger partial charge on any atom is -0.352 e. The molecule has 3 amide bonds. The molecule has 0 spiro atoms. The molecule has 1 aliphatic rings. The second-order valence-corrected chi connectivity index (χ2v) is 9.33. The number of carbonyl (C=O) groups excluding carboxylic acids is 3. The van der Waals surface area contributed by atoms with Gasteiger partial charge in [0.25, 0.3) is 0 Å². The van der Waals surface area contributed by atoms with E-state index in [1.165, 1.54) is 18.3 Å². The Labute approximate surface area is 203 Å². The summed E-state index contributed by atoms with van der Waals surface area (Å²) in [4.78, 5) is 43.1. The highest BCUT2D eigenvalue weighted by Gasteiger charge is 2.36. The molecule has 2 heterocycles. The van der Waals surface area contributed by atoms with Gasteiger partial charge in [-0.05, 0) is 30.0 Å². The Morgan fingerprint density at radius 3 is 2.65 bits per heavy atom. The Bertz CT molecular complexity index is 1220. The lowest BCUT2D eigenvalue weighted by atomic mass is 10.0. The summed E-state index contributed by atoms with van der Waals surface area (Å²) in [5.74, 6) is -0.699. The van der Waals surface area contributed by atoms with E-state index in [0.717, 1.165) is 40.1 Å². The number of benzene rings is 2. The molecular formula is C26H28N4O3S. The van der Waals surface area contributed by atoms with Crippen molar-refractivity contribution in [3.05, 3.63) is 64.5 Å². The lowest BCUT2D eigenvalue weighted by Gasteiger charge is -2.22. The van der Waals surface area contributed by atoms with E-state index >= 15 is 0 Å². The van der Waals surface area contributed by atoms with Crippen LogP contribution in [0.15, 0.2) is 47.8 Å².